The number of anilines is 1. The first-order valence-electron chi connectivity index (χ1n) is 8.39. The van der Waals surface area contributed by atoms with E-state index in [0.29, 0.717) is 22.5 Å². The fourth-order valence-corrected chi connectivity index (χ4v) is 2.63. The average molecular weight is 366 g/mol. The Morgan fingerprint density at radius 3 is 2.59 bits per heavy atom. The molecule has 1 N–H and O–H groups in total. The number of benzene rings is 2. The lowest BCUT2D eigenvalue weighted by Gasteiger charge is -2.14. The highest BCUT2D eigenvalue weighted by Gasteiger charge is 2.21. The molecule has 0 fully saturated rings. The molecule has 0 radical (unpaired) electrons. The molecule has 7 nitrogen and oxygen atoms in total. The Balaban J connectivity index is 1.63. The molecule has 0 saturated carbocycles. The normalized spacial score (nSPS) is 11.8. The number of aromatic nitrogens is 1. The molecule has 0 aliphatic carbocycles. The van der Waals surface area contributed by atoms with Crippen molar-refractivity contribution in [2.45, 2.75) is 26.4 Å². The molecule has 0 bridgehead atoms. The van der Waals surface area contributed by atoms with Crippen LogP contribution in [0.25, 0.3) is 11.0 Å². The highest BCUT2D eigenvalue weighted by Crippen LogP contribution is 2.19. The van der Waals surface area contributed by atoms with E-state index in [1.54, 1.807) is 42.5 Å². The molecule has 1 heterocycles. The number of fused-ring (bicyclic) bond motifs is 1. The average Bonchev–Trinajstić information content (AvgIpc) is 3.05. The lowest BCUT2D eigenvalue weighted by Crippen LogP contribution is -2.31. The largest absolute Gasteiger partial charge is 0.452 e. The Kier molecular flexibility index (Phi) is 5.30. The van der Waals surface area contributed by atoms with Crippen LogP contribution in [-0.2, 0) is 20.7 Å². The first-order valence-corrected chi connectivity index (χ1v) is 8.39. The van der Waals surface area contributed by atoms with Gasteiger partial charge in [-0.2, -0.15) is 0 Å². The summed E-state index contributed by atoms with van der Waals surface area (Å²) in [4.78, 5) is 36.1. The molecule has 0 saturated heterocycles. The van der Waals surface area contributed by atoms with E-state index >= 15 is 0 Å². The fourth-order valence-electron chi connectivity index (χ4n) is 2.63. The molecule has 138 valence electrons. The molecule has 1 amide bonds. The number of rotatable bonds is 6. The van der Waals surface area contributed by atoms with Gasteiger partial charge < -0.3 is 14.6 Å². The summed E-state index contributed by atoms with van der Waals surface area (Å²) in [6.07, 6.45) is -1.14. The lowest BCUT2D eigenvalue weighted by molar-refractivity contribution is -0.152. The Hall–Kier alpha value is -3.48. The van der Waals surface area contributed by atoms with Gasteiger partial charge in [0.1, 0.15) is 5.69 Å². The van der Waals surface area contributed by atoms with Gasteiger partial charge in [0.2, 0.25) is 0 Å². The zero-order chi connectivity index (χ0) is 19.4. The summed E-state index contributed by atoms with van der Waals surface area (Å²) < 4.78 is 10.3. The predicted octanol–water partition coefficient (Wildman–Crippen LogP) is 3.14. The van der Waals surface area contributed by atoms with Crippen molar-refractivity contribution in [3.63, 3.8) is 0 Å². The minimum Gasteiger partial charge on any atom is -0.452 e. The van der Waals surface area contributed by atoms with Gasteiger partial charge in [-0.1, -0.05) is 29.4 Å². The minimum absolute atomic E-state index is 0.112. The van der Waals surface area contributed by atoms with Gasteiger partial charge in [0.25, 0.3) is 5.91 Å². The molecule has 7 heteroatoms. The van der Waals surface area contributed by atoms with E-state index in [2.05, 4.69) is 10.5 Å². The summed E-state index contributed by atoms with van der Waals surface area (Å²) in [5.41, 5.74) is 1.79. The van der Waals surface area contributed by atoms with Gasteiger partial charge in [0.15, 0.2) is 17.5 Å². The number of esters is 1. The van der Waals surface area contributed by atoms with Crippen LogP contribution in [0.4, 0.5) is 5.69 Å². The van der Waals surface area contributed by atoms with Gasteiger partial charge in [-0.05, 0) is 38.1 Å². The van der Waals surface area contributed by atoms with Crippen molar-refractivity contribution in [1.29, 1.82) is 0 Å². The van der Waals surface area contributed by atoms with Crippen molar-refractivity contribution < 1.29 is 23.6 Å². The van der Waals surface area contributed by atoms with Crippen molar-refractivity contribution in [3.05, 3.63) is 59.8 Å². The number of carbonyl (C=O) groups excluding carboxylic acids is 3. The molecule has 2 aromatic carbocycles. The Morgan fingerprint density at radius 1 is 1.11 bits per heavy atom. The number of ketones is 1. The summed E-state index contributed by atoms with van der Waals surface area (Å²) in [6, 6.07) is 13.8. The molecule has 3 aromatic rings. The van der Waals surface area contributed by atoms with Crippen LogP contribution >= 0.6 is 0 Å². The number of carbonyl (C=O) groups is 3. The van der Waals surface area contributed by atoms with E-state index in [1.165, 1.54) is 13.8 Å². The monoisotopic (exact) mass is 366 g/mol. The highest BCUT2D eigenvalue weighted by molar-refractivity contribution is 6.04. The van der Waals surface area contributed by atoms with Crippen LogP contribution in [0.3, 0.4) is 0 Å². The summed E-state index contributed by atoms with van der Waals surface area (Å²) in [5.74, 6) is -1.30. The minimum atomic E-state index is -1.03. The SMILES string of the molecule is CC(=O)c1ccccc1NC(=O)[C@H](C)OC(=O)Cc1noc2ccccc12. The van der Waals surface area contributed by atoms with Crippen molar-refractivity contribution in [2.24, 2.45) is 0 Å². The first kappa shape index (κ1) is 18.3. The van der Waals surface area contributed by atoms with Gasteiger partial charge in [-0.15, -0.1) is 0 Å². The number of para-hydroxylation sites is 2. The Morgan fingerprint density at radius 2 is 1.81 bits per heavy atom. The van der Waals surface area contributed by atoms with E-state index in [1.807, 2.05) is 6.07 Å². The molecule has 0 spiro atoms. The molecule has 0 aliphatic rings. The predicted molar refractivity (Wildman–Crippen MR) is 98.3 cm³/mol. The maximum absolute atomic E-state index is 12.3. The van der Waals surface area contributed by atoms with Crippen molar-refractivity contribution >= 4 is 34.3 Å². The number of ether oxygens (including phenoxy) is 1. The van der Waals surface area contributed by atoms with E-state index < -0.39 is 18.0 Å². The van der Waals surface area contributed by atoms with Crippen molar-refractivity contribution in [2.75, 3.05) is 5.32 Å². The molecule has 1 aromatic heterocycles. The number of nitrogens with one attached hydrogen (secondary N) is 1. The van der Waals surface area contributed by atoms with Crippen LogP contribution in [0.2, 0.25) is 0 Å². The number of amides is 1. The molecule has 0 unspecified atom stereocenters. The van der Waals surface area contributed by atoms with Gasteiger partial charge in [0, 0.05) is 10.9 Å². The molecular formula is C20H18N2O5. The fraction of sp³-hybridized carbons (Fsp3) is 0.200. The van der Waals surface area contributed by atoms with Crippen LogP contribution < -0.4 is 5.32 Å². The van der Waals surface area contributed by atoms with E-state index in [9.17, 15) is 14.4 Å². The topological polar surface area (TPSA) is 98.5 Å². The summed E-state index contributed by atoms with van der Waals surface area (Å²) >= 11 is 0. The number of Topliss-reactive ketones (excluding diaryl/α,β-unsaturated/α-hetero) is 1. The smallest absolute Gasteiger partial charge is 0.312 e. The van der Waals surface area contributed by atoms with Crippen LogP contribution in [0.5, 0.6) is 0 Å². The number of hydrogen-bond donors (Lipinski definition) is 1. The van der Waals surface area contributed by atoms with E-state index in [0.717, 1.165) is 5.39 Å². The zero-order valence-corrected chi connectivity index (χ0v) is 14.9. The second-order valence-corrected chi connectivity index (χ2v) is 6.03. The molecule has 27 heavy (non-hydrogen) atoms. The molecule has 1 atom stereocenters. The Labute approximate surface area is 155 Å². The summed E-state index contributed by atoms with van der Waals surface area (Å²) in [7, 11) is 0. The second-order valence-electron chi connectivity index (χ2n) is 6.03. The van der Waals surface area contributed by atoms with Crippen molar-refractivity contribution in [3.8, 4) is 0 Å². The Bertz CT molecular complexity index is 1010. The van der Waals surface area contributed by atoms with E-state index in [4.69, 9.17) is 9.26 Å². The molecular weight excluding hydrogens is 348 g/mol. The van der Waals surface area contributed by atoms with Gasteiger partial charge in [0.05, 0.1) is 12.1 Å². The summed E-state index contributed by atoms with van der Waals surface area (Å²) in [6.45, 7) is 2.88. The number of nitrogens with zero attached hydrogens (tertiary/aromatic N) is 1. The molecule has 0 aliphatic heterocycles. The maximum atomic E-state index is 12.3. The van der Waals surface area contributed by atoms with Crippen LogP contribution in [0, 0.1) is 0 Å². The maximum Gasteiger partial charge on any atom is 0.312 e. The second kappa shape index (κ2) is 7.82. The van der Waals surface area contributed by atoms with Crippen LogP contribution in [0.1, 0.15) is 29.9 Å². The zero-order valence-electron chi connectivity index (χ0n) is 14.9. The number of hydrogen-bond acceptors (Lipinski definition) is 6. The van der Waals surface area contributed by atoms with Gasteiger partial charge in [-0.25, -0.2) is 0 Å². The quantitative estimate of drug-likeness (QED) is 0.531. The third kappa shape index (κ3) is 4.20. The highest BCUT2D eigenvalue weighted by atomic mass is 16.5. The van der Waals surface area contributed by atoms with Crippen molar-refractivity contribution in [1.82, 2.24) is 5.16 Å². The van der Waals surface area contributed by atoms with Gasteiger partial charge in [-0.3, -0.25) is 14.4 Å². The summed E-state index contributed by atoms with van der Waals surface area (Å²) in [5, 5.41) is 7.21. The van der Waals surface area contributed by atoms with Gasteiger partial charge >= 0.3 is 5.97 Å². The lowest BCUT2D eigenvalue weighted by atomic mass is 10.1. The van der Waals surface area contributed by atoms with E-state index in [-0.39, 0.29) is 12.2 Å². The van der Waals surface area contributed by atoms with Crippen LogP contribution in [-0.4, -0.2) is 28.9 Å². The van der Waals surface area contributed by atoms with Crippen LogP contribution in [0.15, 0.2) is 53.1 Å². The third-order valence-corrected chi connectivity index (χ3v) is 4.01. The first-order chi connectivity index (χ1) is 13.0. The molecule has 3 rings (SSSR count). The third-order valence-electron chi connectivity index (χ3n) is 4.01. The standard InChI is InChI=1S/C20H18N2O5/c1-12(23)14-7-3-5-9-16(14)21-20(25)13(2)26-19(24)11-17-15-8-4-6-10-18(15)27-22-17/h3-10,13H,11H2,1-2H3,(H,21,25)/t13-/m0/s1.